The van der Waals surface area contributed by atoms with Crippen LogP contribution in [0.2, 0.25) is 0 Å². The molecule has 11 heteroatoms. The molecule has 2 amide bonds. The van der Waals surface area contributed by atoms with Gasteiger partial charge in [0, 0.05) is 32.7 Å². The maximum absolute atomic E-state index is 12.6. The third kappa shape index (κ3) is 15.3. The Kier molecular flexibility index (Phi) is 21.2. The lowest BCUT2D eigenvalue weighted by Crippen LogP contribution is -2.43. The van der Waals surface area contributed by atoms with Crippen molar-refractivity contribution in [2.45, 2.75) is 77.9 Å². The fraction of sp³-hybridized carbons (Fsp3) is 0.875. The van der Waals surface area contributed by atoms with E-state index in [0.29, 0.717) is 25.9 Å². The molecule has 3 atom stereocenters. The molecule has 3 saturated heterocycles. The number of aliphatic hydroxyl groups is 1. The SMILES string of the molecule is CC(C)C.CO.COC=O.O=C(CN1C(=O)CCC1CCCN1CCCC1)N1CC[C@@H](OPI)C1. The van der Waals surface area contributed by atoms with Gasteiger partial charge in [0.2, 0.25) is 11.8 Å². The number of hydrogen-bond acceptors (Lipinski definition) is 7. The molecule has 0 spiro atoms. The van der Waals surface area contributed by atoms with Crippen molar-refractivity contribution in [3.8, 4) is 0 Å². The van der Waals surface area contributed by atoms with E-state index in [-0.39, 0.29) is 30.5 Å². The lowest BCUT2D eigenvalue weighted by molar-refractivity contribution is -0.139. The van der Waals surface area contributed by atoms with Gasteiger partial charge in [0.05, 0.1) is 19.7 Å². The molecule has 0 saturated carbocycles. The van der Waals surface area contributed by atoms with Gasteiger partial charge in [0.1, 0.15) is 6.54 Å². The van der Waals surface area contributed by atoms with E-state index < -0.39 is 0 Å². The first-order valence-corrected chi connectivity index (χ1v) is 16.6. The second kappa shape index (κ2) is 21.5. The van der Waals surface area contributed by atoms with Crippen LogP contribution in [-0.2, 0) is 23.6 Å². The average molecular weight is 632 g/mol. The van der Waals surface area contributed by atoms with Gasteiger partial charge in [-0.25, -0.2) is 0 Å². The van der Waals surface area contributed by atoms with Gasteiger partial charge in [-0.2, -0.15) is 0 Å². The summed E-state index contributed by atoms with van der Waals surface area (Å²) in [5.74, 6) is 1.07. The summed E-state index contributed by atoms with van der Waals surface area (Å²) in [6.45, 7) is 12.6. The summed E-state index contributed by atoms with van der Waals surface area (Å²) in [7, 11) is 2.31. The van der Waals surface area contributed by atoms with E-state index in [4.69, 9.17) is 14.4 Å². The first-order chi connectivity index (χ1) is 16.8. The lowest BCUT2D eigenvalue weighted by atomic mass is 10.1. The Hall–Kier alpha value is -0.550. The fourth-order valence-electron chi connectivity index (χ4n) is 4.23. The Labute approximate surface area is 227 Å². The normalized spacial score (nSPS) is 21.9. The van der Waals surface area contributed by atoms with Gasteiger partial charge >= 0.3 is 0 Å². The van der Waals surface area contributed by atoms with E-state index in [0.717, 1.165) is 51.8 Å². The largest absolute Gasteiger partial charge is 0.471 e. The summed E-state index contributed by atoms with van der Waals surface area (Å²) in [5.41, 5.74) is 0. The standard InChI is InChI=1S/C17H29IN3O3P.C4H10.C2H4O2.CH4O/c18-25-24-15-7-11-20(12-15)17(23)13-21-14(5-6-16(21)22)4-3-10-19-8-1-2-9-19;1-4(2)3;1-4-2-3;1-2/h14-15,25H,1-13H2;4H,1-3H3;2H,1H3;2H,1H3/t14?,15-;;;/m1.../s1. The van der Waals surface area contributed by atoms with Crippen molar-refractivity contribution in [2.75, 3.05) is 53.5 Å². The van der Waals surface area contributed by atoms with Crippen molar-refractivity contribution in [3.63, 3.8) is 0 Å². The summed E-state index contributed by atoms with van der Waals surface area (Å²) in [4.78, 5) is 40.0. The molecule has 2 unspecified atom stereocenters. The topological polar surface area (TPSA) is 99.6 Å². The molecule has 35 heavy (non-hydrogen) atoms. The Bertz CT molecular complexity index is 579. The van der Waals surface area contributed by atoms with Crippen LogP contribution in [0.3, 0.4) is 0 Å². The molecule has 3 rings (SSSR count). The molecule has 206 valence electrons. The Balaban J connectivity index is 0.000000994. The van der Waals surface area contributed by atoms with Crippen molar-refractivity contribution in [1.82, 2.24) is 14.7 Å². The summed E-state index contributed by atoms with van der Waals surface area (Å²) < 4.78 is 9.49. The molecule has 0 radical (unpaired) electrons. The summed E-state index contributed by atoms with van der Waals surface area (Å²) in [5, 5.41) is 7.00. The molecule has 3 fully saturated rings. The van der Waals surface area contributed by atoms with Crippen LogP contribution in [0.5, 0.6) is 0 Å². The van der Waals surface area contributed by atoms with E-state index in [1.165, 1.54) is 33.0 Å². The van der Waals surface area contributed by atoms with Crippen molar-refractivity contribution in [1.29, 1.82) is 0 Å². The third-order valence-electron chi connectivity index (χ3n) is 5.77. The second-order valence-corrected chi connectivity index (χ2v) is 11.1. The summed E-state index contributed by atoms with van der Waals surface area (Å²) in [6.07, 6.45) is 7.38. The zero-order chi connectivity index (χ0) is 26.6. The molecule has 9 nitrogen and oxygen atoms in total. The number of halogens is 1. The van der Waals surface area contributed by atoms with Gasteiger partial charge < -0.3 is 29.1 Å². The highest BCUT2D eigenvalue weighted by atomic mass is 127. The zero-order valence-electron chi connectivity index (χ0n) is 22.2. The van der Waals surface area contributed by atoms with Gasteiger partial charge in [0.15, 0.2) is 0 Å². The van der Waals surface area contributed by atoms with Gasteiger partial charge in [0.25, 0.3) is 6.47 Å². The maximum Gasteiger partial charge on any atom is 0.292 e. The number of likely N-dealkylation sites (tertiary alicyclic amines) is 3. The monoisotopic (exact) mass is 631 g/mol. The van der Waals surface area contributed by atoms with Gasteiger partial charge in [-0.05, 0) is 86.1 Å². The van der Waals surface area contributed by atoms with Gasteiger partial charge in [-0.3, -0.25) is 14.4 Å². The zero-order valence-corrected chi connectivity index (χ0v) is 25.4. The number of methoxy groups -OCH3 is 1. The highest BCUT2D eigenvalue weighted by molar-refractivity contribution is 14.2. The molecule has 1 N–H and O–H groups in total. The van der Waals surface area contributed by atoms with E-state index in [1.807, 2.05) is 9.80 Å². The number of amides is 2. The van der Waals surface area contributed by atoms with Crippen LogP contribution < -0.4 is 0 Å². The summed E-state index contributed by atoms with van der Waals surface area (Å²) in [6, 6.07) is 0.254. The molecule has 3 heterocycles. The highest BCUT2D eigenvalue weighted by Crippen LogP contribution is 2.29. The number of nitrogens with zero attached hydrogens (tertiary/aromatic N) is 3. The van der Waals surface area contributed by atoms with Crippen LogP contribution >= 0.6 is 28.5 Å². The number of hydrogen-bond donors (Lipinski definition) is 1. The first-order valence-electron chi connectivity index (χ1n) is 12.5. The minimum atomic E-state index is 0.0858. The average Bonchev–Trinajstić information content (AvgIpc) is 3.59. The van der Waals surface area contributed by atoms with Gasteiger partial charge in [-0.1, -0.05) is 20.8 Å². The van der Waals surface area contributed by atoms with Crippen LogP contribution in [-0.4, -0.2) is 104 Å². The molecule has 3 aliphatic heterocycles. The minimum Gasteiger partial charge on any atom is -0.471 e. The Morgan fingerprint density at radius 2 is 1.80 bits per heavy atom. The predicted octanol–water partition coefficient (Wildman–Crippen LogP) is 3.47. The van der Waals surface area contributed by atoms with E-state index in [2.05, 4.69) is 52.4 Å². The Morgan fingerprint density at radius 1 is 1.20 bits per heavy atom. The maximum atomic E-state index is 12.6. The molecule has 0 aromatic heterocycles. The molecular formula is C24H47IN3O6P. The molecule has 0 aliphatic carbocycles. The number of ether oxygens (including phenoxy) is 1. The molecule has 3 aliphatic rings. The van der Waals surface area contributed by atoms with Crippen LogP contribution in [0.1, 0.15) is 65.7 Å². The van der Waals surface area contributed by atoms with E-state index >= 15 is 0 Å². The number of carbonyl (C=O) groups excluding carboxylic acids is 3. The van der Waals surface area contributed by atoms with Crippen LogP contribution in [0, 0.1) is 5.92 Å². The van der Waals surface area contributed by atoms with Crippen LogP contribution in [0.25, 0.3) is 0 Å². The molecular weight excluding hydrogens is 584 g/mol. The van der Waals surface area contributed by atoms with Gasteiger partial charge in [-0.15, -0.1) is 0 Å². The fourth-order valence-corrected chi connectivity index (χ4v) is 5.62. The molecule has 0 bridgehead atoms. The van der Waals surface area contributed by atoms with Crippen LogP contribution in [0.4, 0.5) is 0 Å². The minimum absolute atomic E-state index is 0.0858. The van der Waals surface area contributed by atoms with Crippen LogP contribution in [0.15, 0.2) is 0 Å². The lowest BCUT2D eigenvalue weighted by Gasteiger charge is -2.27. The van der Waals surface area contributed by atoms with Crippen molar-refractivity contribution >= 4 is 46.8 Å². The third-order valence-corrected chi connectivity index (χ3v) is 6.96. The van der Waals surface area contributed by atoms with E-state index in [1.54, 1.807) is 0 Å². The smallest absolute Gasteiger partial charge is 0.292 e. The number of aliphatic hydroxyl groups excluding tert-OH is 1. The second-order valence-electron chi connectivity index (χ2n) is 9.41. The van der Waals surface area contributed by atoms with Crippen molar-refractivity contribution in [3.05, 3.63) is 0 Å². The molecule has 0 aromatic rings. The molecule has 0 aromatic carbocycles. The predicted molar refractivity (Wildman–Crippen MR) is 150 cm³/mol. The summed E-state index contributed by atoms with van der Waals surface area (Å²) >= 11 is 2.22. The number of rotatable bonds is 9. The number of carbonyl (C=O) groups is 3. The quantitative estimate of drug-likeness (QED) is 0.237. The Morgan fingerprint density at radius 3 is 2.34 bits per heavy atom. The van der Waals surface area contributed by atoms with Crippen molar-refractivity contribution < 1.29 is 28.8 Å². The first kappa shape index (κ1) is 34.5. The van der Waals surface area contributed by atoms with E-state index in [9.17, 15) is 9.59 Å². The highest BCUT2D eigenvalue weighted by Gasteiger charge is 2.34. The van der Waals surface area contributed by atoms with Crippen molar-refractivity contribution in [2.24, 2.45) is 5.92 Å².